The number of hydrogen-bond acceptors (Lipinski definition) is 5. The van der Waals surface area contributed by atoms with E-state index in [9.17, 15) is 19.8 Å². The normalized spacial score (nSPS) is 22.4. The number of nitrogens with two attached hydrogens (primary N) is 2. The molecule has 3 unspecified atom stereocenters. The molecule has 1 amide bonds. The van der Waals surface area contributed by atoms with Crippen LogP contribution in [-0.4, -0.2) is 40.1 Å². The summed E-state index contributed by atoms with van der Waals surface area (Å²) in [6, 6.07) is 0. The number of guanidine groups is 1. The summed E-state index contributed by atoms with van der Waals surface area (Å²) in [5.74, 6) is -0.620. The van der Waals surface area contributed by atoms with E-state index in [-0.39, 0.29) is 35.9 Å². The van der Waals surface area contributed by atoms with Crippen LogP contribution in [0.4, 0.5) is 0 Å². The van der Waals surface area contributed by atoms with Crippen molar-refractivity contribution in [1.82, 2.24) is 5.43 Å². The summed E-state index contributed by atoms with van der Waals surface area (Å²) in [5.41, 5.74) is 12.6. The zero-order valence-corrected chi connectivity index (χ0v) is 18.3. The molecule has 7 N–H and O–H groups in total. The standard InChI is InChI=1S/C22H40N4O4/c1-2-3-7-10-16(27)13-14-18-17(19(28)15-20(18)29)11-8-5-4-6-9-12-21(30)25-26-22(23)24/h13-14,16-18,20,27,29H,2-12,15H2,1H3,(H,25,30)(H4,23,24,26)/t16?,17-,18?,20?/m1/s1. The Morgan fingerprint density at radius 3 is 2.60 bits per heavy atom. The summed E-state index contributed by atoms with van der Waals surface area (Å²) >= 11 is 0. The zero-order chi connectivity index (χ0) is 22.4. The number of hydrogen-bond donors (Lipinski definition) is 5. The zero-order valence-electron chi connectivity index (χ0n) is 18.3. The van der Waals surface area contributed by atoms with Crippen LogP contribution in [0.5, 0.6) is 0 Å². The molecule has 0 bridgehead atoms. The number of rotatable bonds is 15. The second kappa shape index (κ2) is 15.0. The van der Waals surface area contributed by atoms with E-state index in [1.54, 1.807) is 6.08 Å². The van der Waals surface area contributed by atoms with Crippen LogP contribution >= 0.6 is 0 Å². The third kappa shape index (κ3) is 10.7. The van der Waals surface area contributed by atoms with Gasteiger partial charge >= 0.3 is 0 Å². The first-order chi connectivity index (χ1) is 14.3. The van der Waals surface area contributed by atoms with Gasteiger partial charge < -0.3 is 21.7 Å². The lowest BCUT2D eigenvalue weighted by molar-refractivity contribution is -0.122. The number of aliphatic hydroxyl groups is 2. The number of ketones is 1. The van der Waals surface area contributed by atoms with E-state index in [0.29, 0.717) is 6.42 Å². The lowest BCUT2D eigenvalue weighted by Crippen LogP contribution is -2.28. The van der Waals surface area contributed by atoms with E-state index >= 15 is 0 Å². The second-order valence-corrected chi connectivity index (χ2v) is 8.25. The molecule has 0 aliphatic heterocycles. The van der Waals surface area contributed by atoms with Crippen LogP contribution in [-0.2, 0) is 9.59 Å². The number of unbranched alkanes of at least 4 members (excludes halogenated alkanes) is 6. The van der Waals surface area contributed by atoms with E-state index in [0.717, 1.165) is 64.2 Å². The van der Waals surface area contributed by atoms with E-state index < -0.39 is 12.2 Å². The molecule has 1 aliphatic rings. The quantitative estimate of drug-likeness (QED) is 0.0892. The lowest BCUT2D eigenvalue weighted by Gasteiger charge is -2.18. The van der Waals surface area contributed by atoms with Crippen LogP contribution in [0.3, 0.4) is 0 Å². The molecule has 0 aromatic heterocycles. The van der Waals surface area contributed by atoms with Crippen LogP contribution < -0.4 is 16.9 Å². The minimum atomic E-state index is -0.648. The average molecular weight is 425 g/mol. The Hall–Kier alpha value is -1.93. The molecule has 0 saturated heterocycles. The summed E-state index contributed by atoms with van der Waals surface area (Å²) in [4.78, 5) is 23.8. The van der Waals surface area contributed by atoms with E-state index in [4.69, 9.17) is 11.5 Å². The third-order valence-corrected chi connectivity index (χ3v) is 5.62. The summed E-state index contributed by atoms with van der Waals surface area (Å²) in [6.07, 6.45) is 12.2. The topological polar surface area (TPSA) is 151 Å². The van der Waals surface area contributed by atoms with Gasteiger partial charge in [0.25, 0.3) is 0 Å². The number of nitrogens with zero attached hydrogens (tertiary/aromatic N) is 1. The van der Waals surface area contributed by atoms with Gasteiger partial charge in [-0.25, -0.2) is 5.43 Å². The Morgan fingerprint density at radius 2 is 1.90 bits per heavy atom. The summed E-state index contributed by atoms with van der Waals surface area (Å²) in [7, 11) is 0. The van der Waals surface area contributed by atoms with Crippen molar-refractivity contribution in [2.24, 2.45) is 28.4 Å². The molecule has 0 radical (unpaired) electrons. The van der Waals surface area contributed by atoms with E-state index in [1.165, 1.54) is 0 Å². The highest BCUT2D eigenvalue weighted by Crippen LogP contribution is 2.34. The molecular weight excluding hydrogens is 384 g/mol. The number of hydrazone groups is 1. The van der Waals surface area contributed by atoms with Gasteiger partial charge in [-0.05, 0) is 19.3 Å². The summed E-state index contributed by atoms with van der Waals surface area (Å²) in [6.45, 7) is 2.12. The molecule has 8 nitrogen and oxygen atoms in total. The highest BCUT2D eigenvalue weighted by molar-refractivity contribution is 5.84. The number of nitrogens with one attached hydrogen (secondary N) is 1. The molecule has 30 heavy (non-hydrogen) atoms. The van der Waals surface area contributed by atoms with Gasteiger partial charge in [-0.2, -0.15) is 0 Å². The van der Waals surface area contributed by atoms with E-state index in [2.05, 4.69) is 17.5 Å². The molecule has 8 heteroatoms. The Morgan fingerprint density at radius 1 is 1.20 bits per heavy atom. The van der Waals surface area contributed by atoms with Crippen LogP contribution in [0.25, 0.3) is 0 Å². The SMILES string of the molecule is CCCCCC(O)C=CC1C(O)CC(=O)[C@@H]1CCCCCCCC(=O)NN=C(N)N. The van der Waals surface area contributed by atoms with Crippen molar-refractivity contribution < 1.29 is 19.8 Å². The lowest BCUT2D eigenvalue weighted by atomic mass is 9.88. The van der Waals surface area contributed by atoms with Gasteiger partial charge in [0.1, 0.15) is 5.78 Å². The monoisotopic (exact) mass is 424 g/mol. The van der Waals surface area contributed by atoms with Gasteiger partial charge in [0.05, 0.1) is 12.2 Å². The summed E-state index contributed by atoms with van der Waals surface area (Å²) < 4.78 is 0. The van der Waals surface area contributed by atoms with Crippen LogP contribution in [0, 0.1) is 11.8 Å². The van der Waals surface area contributed by atoms with Gasteiger partial charge in [0.2, 0.25) is 11.9 Å². The van der Waals surface area contributed by atoms with Gasteiger partial charge in [0, 0.05) is 24.7 Å². The number of aliphatic hydroxyl groups excluding tert-OH is 2. The average Bonchev–Trinajstić information content (AvgIpc) is 2.96. The van der Waals surface area contributed by atoms with Crippen molar-refractivity contribution in [2.45, 2.75) is 96.2 Å². The predicted octanol–water partition coefficient (Wildman–Crippen LogP) is 2.09. The maximum atomic E-state index is 12.3. The van der Waals surface area contributed by atoms with Crippen molar-refractivity contribution >= 4 is 17.6 Å². The second-order valence-electron chi connectivity index (χ2n) is 8.25. The molecule has 172 valence electrons. The molecule has 1 saturated carbocycles. The van der Waals surface area contributed by atoms with Gasteiger partial charge in [0.15, 0.2) is 0 Å². The molecule has 1 aliphatic carbocycles. The fourth-order valence-corrected chi connectivity index (χ4v) is 3.91. The number of carbonyl (C=O) groups excluding carboxylic acids is 2. The van der Waals surface area contributed by atoms with Crippen molar-refractivity contribution in [3.05, 3.63) is 12.2 Å². The fraction of sp³-hybridized carbons (Fsp3) is 0.773. The molecule has 0 aromatic rings. The van der Waals surface area contributed by atoms with Crippen molar-refractivity contribution in [2.75, 3.05) is 0 Å². The van der Waals surface area contributed by atoms with Crippen molar-refractivity contribution in [1.29, 1.82) is 0 Å². The number of Topliss-reactive ketones (excluding diaryl/α,β-unsaturated/α-hetero) is 1. The minimum absolute atomic E-state index is 0.119. The van der Waals surface area contributed by atoms with Gasteiger partial charge in [-0.3, -0.25) is 9.59 Å². The molecule has 1 rings (SSSR count). The smallest absolute Gasteiger partial charge is 0.240 e. The van der Waals surface area contributed by atoms with E-state index in [1.807, 2.05) is 6.08 Å². The number of carbonyl (C=O) groups is 2. The Bertz CT molecular complexity index is 575. The first-order valence-corrected chi connectivity index (χ1v) is 11.3. The first kappa shape index (κ1) is 26.1. The predicted molar refractivity (Wildman–Crippen MR) is 118 cm³/mol. The Kier molecular flexibility index (Phi) is 13.0. The fourth-order valence-electron chi connectivity index (χ4n) is 3.91. The largest absolute Gasteiger partial charge is 0.392 e. The highest BCUT2D eigenvalue weighted by Gasteiger charge is 2.39. The maximum Gasteiger partial charge on any atom is 0.240 e. The molecule has 0 heterocycles. The first-order valence-electron chi connectivity index (χ1n) is 11.3. The Labute approximate surface area is 180 Å². The number of amides is 1. The molecule has 0 spiro atoms. The molecule has 1 fully saturated rings. The van der Waals surface area contributed by atoms with Gasteiger partial charge in [-0.15, -0.1) is 5.10 Å². The molecule has 4 atom stereocenters. The highest BCUT2D eigenvalue weighted by atomic mass is 16.3. The van der Waals surface area contributed by atoms with Crippen molar-refractivity contribution in [3.8, 4) is 0 Å². The molecular formula is C22H40N4O4. The summed E-state index contributed by atoms with van der Waals surface area (Å²) in [5, 5.41) is 23.8. The van der Waals surface area contributed by atoms with Gasteiger partial charge in [-0.1, -0.05) is 64.0 Å². The maximum absolute atomic E-state index is 12.3. The molecule has 0 aromatic carbocycles. The van der Waals surface area contributed by atoms with Crippen LogP contribution in [0.2, 0.25) is 0 Å². The van der Waals surface area contributed by atoms with Crippen LogP contribution in [0.15, 0.2) is 17.3 Å². The third-order valence-electron chi connectivity index (χ3n) is 5.62. The Balaban J connectivity index is 2.27. The van der Waals surface area contributed by atoms with Crippen molar-refractivity contribution in [3.63, 3.8) is 0 Å². The van der Waals surface area contributed by atoms with Crippen LogP contribution in [0.1, 0.15) is 84.0 Å². The minimum Gasteiger partial charge on any atom is -0.392 e.